The normalized spacial score (nSPS) is 12.8. The molecule has 1 unspecified atom stereocenters. The maximum absolute atomic E-state index is 13.2. The van der Waals surface area contributed by atoms with Crippen LogP contribution in [0.4, 0.5) is 13.2 Å². The lowest BCUT2D eigenvalue weighted by Crippen LogP contribution is -2.36. The standard InChI is InChI=1S/C17H20F3N3O3/c1-3-6-11(2)21-14(24)10-26-15(25)9-23-13-8-5-4-7-12(13)22-16(23)17(18,19)20/h4-5,7-8,11H,3,6,9-10H2,1-2H3,(H,21,24). The summed E-state index contributed by atoms with van der Waals surface area (Å²) in [6, 6.07) is 5.90. The molecule has 0 saturated heterocycles. The van der Waals surface area contributed by atoms with Gasteiger partial charge in [0.15, 0.2) is 6.61 Å². The highest BCUT2D eigenvalue weighted by molar-refractivity contribution is 5.82. The van der Waals surface area contributed by atoms with Gasteiger partial charge >= 0.3 is 12.1 Å². The maximum Gasteiger partial charge on any atom is 0.449 e. The summed E-state index contributed by atoms with van der Waals surface area (Å²) >= 11 is 0. The fourth-order valence-corrected chi connectivity index (χ4v) is 2.59. The van der Waals surface area contributed by atoms with Crippen molar-refractivity contribution in [2.45, 2.75) is 45.5 Å². The molecule has 9 heteroatoms. The van der Waals surface area contributed by atoms with Crippen molar-refractivity contribution in [1.29, 1.82) is 0 Å². The van der Waals surface area contributed by atoms with E-state index < -0.39 is 37.0 Å². The topological polar surface area (TPSA) is 73.2 Å². The number of rotatable bonds is 7. The number of hydrogen-bond donors (Lipinski definition) is 1. The zero-order valence-electron chi connectivity index (χ0n) is 14.5. The molecule has 0 bridgehead atoms. The second-order valence-corrected chi connectivity index (χ2v) is 5.93. The first-order valence-electron chi connectivity index (χ1n) is 8.19. The van der Waals surface area contributed by atoms with Gasteiger partial charge < -0.3 is 14.6 Å². The summed E-state index contributed by atoms with van der Waals surface area (Å²) < 4.78 is 45.1. The van der Waals surface area contributed by atoms with Crippen molar-refractivity contribution in [3.05, 3.63) is 30.1 Å². The zero-order valence-corrected chi connectivity index (χ0v) is 14.5. The van der Waals surface area contributed by atoms with E-state index in [2.05, 4.69) is 10.3 Å². The van der Waals surface area contributed by atoms with Gasteiger partial charge in [-0.1, -0.05) is 25.5 Å². The van der Waals surface area contributed by atoms with E-state index in [9.17, 15) is 22.8 Å². The second-order valence-electron chi connectivity index (χ2n) is 5.93. The maximum atomic E-state index is 13.2. The van der Waals surface area contributed by atoms with Crippen molar-refractivity contribution in [3.63, 3.8) is 0 Å². The van der Waals surface area contributed by atoms with Crippen LogP contribution in [-0.4, -0.2) is 34.1 Å². The number of nitrogens with zero attached hydrogens (tertiary/aromatic N) is 2. The van der Waals surface area contributed by atoms with Crippen LogP contribution in [0.5, 0.6) is 0 Å². The molecule has 0 radical (unpaired) electrons. The summed E-state index contributed by atoms with van der Waals surface area (Å²) in [6.45, 7) is 2.56. The molecule has 0 aliphatic rings. The molecule has 1 amide bonds. The highest BCUT2D eigenvalue weighted by Crippen LogP contribution is 2.31. The van der Waals surface area contributed by atoms with Crippen LogP contribution in [0.2, 0.25) is 0 Å². The van der Waals surface area contributed by atoms with E-state index in [0.29, 0.717) is 0 Å². The van der Waals surface area contributed by atoms with Crippen molar-refractivity contribution in [3.8, 4) is 0 Å². The molecule has 1 atom stereocenters. The fourth-order valence-electron chi connectivity index (χ4n) is 2.59. The average Bonchev–Trinajstić information content (AvgIpc) is 2.92. The van der Waals surface area contributed by atoms with Crippen LogP contribution in [0, 0.1) is 0 Å². The predicted octanol–water partition coefficient (Wildman–Crippen LogP) is 2.90. The quantitative estimate of drug-likeness (QED) is 0.760. The molecule has 26 heavy (non-hydrogen) atoms. The van der Waals surface area contributed by atoms with Crippen molar-refractivity contribution < 1.29 is 27.5 Å². The minimum atomic E-state index is -4.72. The molecule has 6 nitrogen and oxygen atoms in total. The van der Waals surface area contributed by atoms with Gasteiger partial charge in [0, 0.05) is 6.04 Å². The molecule has 0 saturated carbocycles. The molecule has 2 rings (SSSR count). The molecule has 0 aliphatic heterocycles. The van der Waals surface area contributed by atoms with Crippen LogP contribution in [0.3, 0.4) is 0 Å². The Kier molecular flexibility index (Phi) is 6.23. The van der Waals surface area contributed by atoms with Gasteiger partial charge in [-0.05, 0) is 25.5 Å². The number of imidazole rings is 1. The Hall–Kier alpha value is -2.58. The molecule has 1 aromatic heterocycles. The summed E-state index contributed by atoms with van der Waals surface area (Å²) in [6.07, 6.45) is -3.06. The minimum Gasteiger partial charge on any atom is -0.454 e. The van der Waals surface area contributed by atoms with Gasteiger partial charge in [0.2, 0.25) is 5.82 Å². The molecule has 1 aromatic carbocycles. The van der Waals surface area contributed by atoms with Gasteiger partial charge in [-0.2, -0.15) is 13.2 Å². The summed E-state index contributed by atoms with van der Waals surface area (Å²) in [5, 5.41) is 2.64. The zero-order chi connectivity index (χ0) is 19.3. The number of aromatic nitrogens is 2. The number of alkyl halides is 3. The number of esters is 1. The fraction of sp³-hybridized carbons (Fsp3) is 0.471. The lowest BCUT2D eigenvalue weighted by molar-refractivity contribution is -0.153. The summed E-state index contributed by atoms with van der Waals surface area (Å²) in [7, 11) is 0. The summed E-state index contributed by atoms with van der Waals surface area (Å²) in [4.78, 5) is 27.2. The van der Waals surface area contributed by atoms with Crippen LogP contribution in [0.15, 0.2) is 24.3 Å². The third kappa shape index (κ3) is 4.96. The summed E-state index contributed by atoms with van der Waals surface area (Å²) in [5.74, 6) is -2.63. The van der Waals surface area contributed by atoms with E-state index in [1.807, 2.05) is 13.8 Å². The van der Waals surface area contributed by atoms with Crippen LogP contribution >= 0.6 is 0 Å². The van der Waals surface area contributed by atoms with E-state index in [4.69, 9.17) is 4.74 Å². The number of para-hydroxylation sites is 2. The Morgan fingerprint density at radius 1 is 1.31 bits per heavy atom. The Morgan fingerprint density at radius 3 is 2.65 bits per heavy atom. The van der Waals surface area contributed by atoms with Gasteiger partial charge in [0.1, 0.15) is 6.54 Å². The highest BCUT2D eigenvalue weighted by Gasteiger charge is 2.38. The van der Waals surface area contributed by atoms with Crippen molar-refractivity contribution in [2.24, 2.45) is 0 Å². The van der Waals surface area contributed by atoms with E-state index >= 15 is 0 Å². The number of benzene rings is 1. The number of nitrogens with one attached hydrogen (secondary N) is 1. The molecule has 0 spiro atoms. The van der Waals surface area contributed by atoms with Gasteiger partial charge in [-0.15, -0.1) is 0 Å². The Morgan fingerprint density at radius 2 is 2.00 bits per heavy atom. The Balaban J connectivity index is 2.06. The lowest BCUT2D eigenvalue weighted by atomic mass is 10.2. The first-order chi connectivity index (χ1) is 12.2. The van der Waals surface area contributed by atoms with Gasteiger partial charge in [-0.3, -0.25) is 9.59 Å². The number of carbonyl (C=O) groups excluding carboxylic acids is 2. The predicted molar refractivity (Wildman–Crippen MR) is 88.2 cm³/mol. The van der Waals surface area contributed by atoms with Gasteiger partial charge in [0.25, 0.3) is 5.91 Å². The Labute approximate surface area is 148 Å². The van der Waals surface area contributed by atoms with Crippen molar-refractivity contribution in [1.82, 2.24) is 14.9 Å². The van der Waals surface area contributed by atoms with Crippen LogP contribution in [0.1, 0.15) is 32.5 Å². The number of ether oxygens (including phenoxy) is 1. The minimum absolute atomic E-state index is 0.0689. The molecule has 1 heterocycles. The highest BCUT2D eigenvalue weighted by atomic mass is 19.4. The van der Waals surface area contributed by atoms with E-state index in [1.165, 1.54) is 12.1 Å². The first-order valence-corrected chi connectivity index (χ1v) is 8.19. The summed E-state index contributed by atoms with van der Waals surface area (Å²) in [5.41, 5.74) is 0.288. The number of carbonyl (C=O) groups is 2. The third-order valence-corrected chi connectivity index (χ3v) is 3.69. The van der Waals surface area contributed by atoms with Crippen LogP contribution < -0.4 is 5.32 Å². The SMILES string of the molecule is CCCC(C)NC(=O)COC(=O)Cn1c(C(F)(F)F)nc2ccccc21. The first kappa shape index (κ1) is 19.7. The van der Waals surface area contributed by atoms with Crippen molar-refractivity contribution >= 4 is 22.9 Å². The molecular weight excluding hydrogens is 351 g/mol. The van der Waals surface area contributed by atoms with E-state index in [-0.39, 0.29) is 17.1 Å². The van der Waals surface area contributed by atoms with Gasteiger partial charge in [0.05, 0.1) is 11.0 Å². The average molecular weight is 371 g/mol. The Bertz CT molecular complexity index is 786. The second kappa shape index (κ2) is 8.20. The van der Waals surface area contributed by atoms with Gasteiger partial charge in [-0.25, -0.2) is 4.98 Å². The molecule has 1 N–H and O–H groups in total. The molecule has 0 aliphatic carbocycles. The lowest BCUT2D eigenvalue weighted by Gasteiger charge is -2.13. The number of fused-ring (bicyclic) bond motifs is 1. The van der Waals surface area contributed by atoms with E-state index in [0.717, 1.165) is 17.4 Å². The van der Waals surface area contributed by atoms with Crippen molar-refractivity contribution in [2.75, 3.05) is 6.61 Å². The molecular formula is C17H20F3N3O3. The van der Waals surface area contributed by atoms with E-state index in [1.54, 1.807) is 12.1 Å². The van der Waals surface area contributed by atoms with Crippen LogP contribution in [0.25, 0.3) is 11.0 Å². The molecule has 2 aromatic rings. The molecule has 0 fully saturated rings. The van der Waals surface area contributed by atoms with Crippen LogP contribution in [-0.2, 0) is 27.0 Å². The number of amides is 1. The molecule has 142 valence electrons. The smallest absolute Gasteiger partial charge is 0.449 e. The number of hydrogen-bond acceptors (Lipinski definition) is 4. The monoisotopic (exact) mass is 371 g/mol. The largest absolute Gasteiger partial charge is 0.454 e. The third-order valence-electron chi connectivity index (χ3n) is 3.69. The number of halogens is 3.